The second-order valence-corrected chi connectivity index (χ2v) is 4.49. The smallest absolute Gasteiger partial charge is 0.330 e. The van der Waals surface area contributed by atoms with E-state index in [9.17, 15) is 4.79 Å². The van der Waals surface area contributed by atoms with Crippen molar-refractivity contribution < 1.29 is 4.74 Å². The molecule has 2 N–H and O–H groups in total. The summed E-state index contributed by atoms with van der Waals surface area (Å²) in [5.74, 6) is 0.189. The Morgan fingerprint density at radius 2 is 2.17 bits per heavy atom. The molecule has 0 spiro atoms. The van der Waals surface area contributed by atoms with Crippen LogP contribution in [0.3, 0.4) is 0 Å². The Morgan fingerprint density at radius 1 is 1.44 bits per heavy atom. The van der Waals surface area contributed by atoms with E-state index in [2.05, 4.69) is 9.97 Å². The van der Waals surface area contributed by atoms with Gasteiger partial charge in [-0.1, -0.05) is 0 Å². The quantitative estimate of drug-likeness (QED) is 0.772. The van der Waals surface area contributed by atoms with Crippen molar-refractivity contribution in [3.63, 3.8) is 0 Å². The van der Waals surface area contributed by atoms with Gasteiger partial charge in [-0.3, -0.25) is 9.13 Å². The molecule has 7 nitrogen and oxygen atoms in total. The van der Waals surface area contributed by atoms with Gasteiger partial charge in [0.25, 0.3) is 0 Å². The fraction of sp³-hybridized carbons (Fsp3) is 0.545. The third kappa shape index (κ3) is 1.59. The lowest BCUT2D eigenvalue weighted by molar-refractivity contribution is 0.0695. The van der Waals surface area contributed by atoms with E-state index in [1.165, 1.54) is 0 Å². The Hall–Kier alpha value is -1.89. The molecule has 2 aromatic heterocycles. The molecule has 1 fully saturated rings. The Balaban J connectivity index is 2.23. The van der Waals surface area contributed by atoms with Crippen molar-refractivity contribution in [3.05, 3.63) is 16.7 Å². The molecule has 0 aliphatic carbocycles. The fourth-order valence-electron chi connectivity index (χ4n) is 2.42. The first-order valence-corrected chi connectivity index (χ1v) is 5.95. The van der Waals surface area contributed by atoms with Crippen molar-refractivity contribution in [2.75, 3.05) is 18.9 Å². The maximum Gasteiger partial charge on any atom is 0.330 e. The van der Waals surface area contributed by atoms with Crippen LogP contribution in [0, 0.1) is 0 Å². The number of rotatable bonds is 1. The topological polar surface area (TPSA) is 88.0 Å². The van der Waals surface area contributed by atoms with Gasteiger partial charge in [0, 0.05) is 26.3 Å². The number of hydrogen-bond donors (Lipinski definition) is 1. The van der Waals surface area contributed by atoms with Crippen molar-refractivity contribution in [2.45, 2.75) is 18.9 Å². The van der Waals surface area contributed by atoms with Gasteiger partial charge in [0.05, 0.1) is 6.20 Å². The van der Waals surface area contributed by atoms with Gasteiger partial charge in [-0.15, -0.1) is 0 Å². The number of nitrogen functional groups attached to an aromatic ring is 1. The van der Waals surface area contributed by atoms with Gasteiger partial charge < -0.3 is 10.5 Å². The average Bonchev–Trinajstić information content (AvgIpc) is 2.63. The van der Waals surface area contributed by atoms with E-state index in [1.807, 2.05) is 0 Å². The molecule has 1 aliphatic rings. The Labute approximate surface area is 103 Å². The maximum absolute atomic E-state index is 12.3. The van der Waals surface area contributed by atoms with Gasteiger partial charge >= 0.3 is 5.69 Å². The molecule has 0 radical (unpaired) electrons. The van der Waals surface area contributed by atoms with E-state index >= 15 is 0 Å². The lowest BCUT2D eigenvalue weighted by Crippen LogP contribution is -2.30. The summed E-state index contributed by atoms with van der Waals surface area (Å²) < 4.78 is 8.60. The van der Waals surface area contributed by atoms with Gasteiger partial charge in [-0.05, 0) is 12.8 Å². The molecule has 0 bridgehead atoms. The largest absolute Gasteiger partial charge is 0.381 e. The maximum atomic E-state index is 12.3. The van der Waals surface area contributed by atoms with Gasteiger partial charge in [0.1, 0.15) is 5.52 Å². The zero-order chi connectivity index (χ0) is 12.7. The van der Waals surface area contributed by atoms with Crippen LogP contribution in [0.4, 0.5) is 5.95 Å². The molecular weight excluding hydrogens is 234 g/mol. The number of hydrogen-bond acceptors (Lipinski definition) is 5. The summed E-state index contributed by atoms with van der Waals surface area (Å²) in [5.41, 5.74) is 6.86. The van der Waals surface area contributed by atoms with E-state index in [0.717, 1.165) is 12.8 Å². The van der Waals surface area contributed by atoms with E-state index in [-0.39, 0.29) is 17.7 Å². The first-order chi connectivity index (χ1) is 8.68. The number of anilines is 1. The van der Waals surface area contributed by atoms with E-state index < -0.39 is 0 Å². The van der Waals surface area contributed by atoms with Crippen LogP contribution in [-0.2, 0) is 11.8 Å². The number of fused-ring (bicyclic) bond motifs is 1. The summed E-state index contributed by atoms with van der Waals surface area (Å²) >= 11 is 0. The minimum atomic E-state index is -0.0724. The van der Waals surface area contributed by atoms with Crippen molar-refractivity contribution in [3.8, 4) is 0 Å². The molecule has 3 heterocycles. The van der Waals surface area contributed by atoms with E-state index in [1.54, 1.807) is 22.4 Å². The monoisotopic (exact) mass is 249 g/mol. The SMILES string of the molecule is Cn1c(=O)n(C2CCOCC2)c2nc(N)ncc21. The second-order valence-electron chi connectivity index (χ2n) is 4.49. The molecule has 1 aliphatic heterocycles. The molecule has 0 atom stereocenters. The Morgan fingerprint density at radius 3 is 2.89 bits per heavy atom. The summed E-state index contributed by atoms with van der Waals surface area (Å²) in [6.07, 6.45) is 3.24. The number of imidazole rings is 1. The van der Waals surface area contributed by atoms with Crippen LogP contribution in [0.5, 0.6) is 0 Å². The summed E-state index contributed by atoms with van der Waals surface area (Å²) in [6, 6.07) is 0.129. The molecule has 96 valence electrons. The molecular formula is C11H15N5O2. The van der Waals surface area contributed by atoms with Gasteiger partial charge in [0.2, 0.25) is 5.95 Å². The number of ether oxygens (including phenoxy) is 1. The fourth-order valence-corrected chi connectivity index (χ4v) is 2.42. The van der Waals surface area contributed by atoms with Crippen LogP contribution in [0.1, 0.15) is 18.9 Å². The van der Waals surface area contributed by atoms with E-state index in [0.29, 0.717) is 24.4 Å². The summed E-state index contributed by atoms with van der Waals surface area (Å²) in [5, 5.41) is 0. The average molecular weight is 249 g/mol. The second kappa shape index (κ2) is 4.09. The molecule has 0 aromatic carbocycles. The van der Waals surface area contributed by atoms with Gasteiger partial charge in [0.15, 0.2) is 5.65 Å². The number of aryl methyl sites for hydroxylation is 1. The third-order valence-electron chi connectivity index (χ3n) is 3.41. The normalized spacial score (nSPS) is 17.4. The van der Waals surface area contributed by atoms with E-state index in [4.69, 9.17) is 10.5 Å². The van der Waals surface area contributed by atoms with Crippen LogP contribution in [0.25, 0.3) is 11.2 Å². The van der Waals surface area contributed by atoms with Crippen LogP contribution in [0.2, 0.25) is 0 Å². The highest BCUT2D eigenvalue weighted by Crippen LogP contribution is 2.23. The molecule has 0 amide bonds. The summed E-state index contributed by atoms with van der Waals surface area (Å²) in [4.78, 5) is 20.4. The number of nitrogens with two attached hydrogens (primary N) is 1. The Kier molecular flexibility index (Phi) is 2.55. The first kappa shape index (κ1) is 11.2. The van der Waals surface area contributed by atoms with Crippen LogP contribution in [0.15, 0.2) is 11.0 Å². The van der Waals surface area contributed by atoms with Crippen molar-refractivity contribution in [1.82, 2.24) is 19.1 Å². The molecule has 1 saturated heterocycles. The lowest BCUT2D eigenvalue weighted by Gasteiger charge is -2.22. The number of aromatic nitrogens is 4. The predicted molar refractivity (Wildman–Crippen MR) is 66.3 cm³/mol. The summed E-state index contributed by atoms with van der Waals surface area (Å²) in [7, 11) is 1.72. The molecule has 0 saturated carbocycles. The zero-order valence-corrected chi connectivity index (χ0v) is 10.2. The van der Waals surface area contributed by atoms with Gasteiger partial charge in [-0.25, -0.2) is 9.78 Å². The minimum Gasteiger partial charge on any atom is -0.381 e. The highest BCUT2D eigenvalue weighted by atomic mass is 16.5. The lowest BCUT2D eigenvalue weighted by atomic mass is 10.1. The Bertz CT molecular complexity index is 639. The number of nitrogens with zero attached hydrogens (tertiary/aromatic N) is 4. The van der Waals surface area contributed by atoms with Crippen LogP contribution < -0.4 is 11.4 Å². The summed E-state index contributed by atoms with van der Waals surface area (Å²) in [6.45, 7) is 1.35. The van der Waals surface area contributed by atoms with Crippen molar-refractivity contribution in [1.29, 1.82) is 0 Å². The van der Waals surface area contributed by atoms with Gasteiger partial charge in [-0.2, -0.15) is 4.98 Å². The minimum absolute atomic E-state index is 0.0724. The molecule has 3 rings (SSSR count). The van der Waals surface area contributed by atoms with Crippen molar-refractivity contribution >= 4 is 17.1 Å². The van der Waals surface area contributed by atoms with Crippen LogP contribution in [-0.4, -0.2) is 32.3 Å². The highest BCUT2D eigenvalue weighted by Gasteiger charge is 2.22. The first-order valence-electron chi connectivity index (χ1n) is 5.95. The third-order valence-corrected chi connectivity index (χ3v) is 3.41. The van der Waals surface area contributed by atoms with Crippen molar-refractivity contribution in [2.24, 2.45) is 7.05 Å². The standard InChI is InChI=1S/C11H15N5O2/c1-15-8-6-13-10(12)14-9(8)16(11(15)17)7-2-4-18-5-3-7/h6-7H,2-5H2,1H3,(H2,12,13,14). The molecule has 18 heavy (non-hydrogen) atoms. The van der Waals surface area contributed by atoms with Crippen LogP contribution >= 0.6 is 0 Å². The molecule has 7 heteroatoms. The predicted octanol–water partition coefficient (Wildman–Crippen LogP) is 0.0637. The molecule has 2 aromatic rings. The zero-order valence-electron chi connectivity index (χ0n) is 10.2. The molecule has 0 unspecified atom stereocenters. The highest BCUT2D eigenvalue weighted by molar-refractivity contribution is 5.71.